The number of carbonyl (C=O) groups excluding carboxylic acids is 2. The number of aliphatic hydroxyl groups is 1. The van der Waals surface area contributed by atoms with Gasteiger partial charge < -0.3 is 5.11 Å². The summed E-state index contributed by atoms with van der Waals surface area (Å²) >= 11 is 4.23. The molecule has 0 fully saturated rings. The van der Waals surface area contributed by atoms with Crippen molar-refractivity contribution in [1.82, 2.24) is 0 Å². The largest absolute Gasteiger partial charge is 0.511 e. The number of Topliss-reactive ketones (excluding diaryl/α,β-unsaturated/α-hetero) is 2. The molecule has 1 N–H and O–H groups in total. The lowest BCUT2D eigenvalue weighted by molar-refractivity contribution is -0.115. The van der Waals surface area contributed by atoms with Crippen LogP contribution in [0.5, 0.6) is 0 Å². The molecule has 1 aromatic rings. The molecule has 0 aromatic heterocycles. The lowest BCUT2D eigenvalue weighted by Gasteiger charge is -2.15. The molecular formula is C22H22O3S. The van der Waals surface area contributed by atoms with Crippen LogP contribution in [0.1, 0.15) is 46.8 Å². The first-order valence-electron chi connectivity index (χ1n) is 8.42. The van der Waals surface area contributed by atoms with Gasteiger partial charge in [-0.3, -0.25) is 9.59 Å². The van der Waals surface area contributed by atoms with Crippen molar-refractivity contribution in [2.45, 2.75) is 38.4 Å². The molecule has 1 aliphatic rings. The zero-order valence-electron chi connectivity index (χ0n) is 15.0. The SMILES string of the molecule is C=CC#Cc1cc(C(C)=O)c(C)cc1CCC(=O)C1=CCC(S)C(O)=C1. The Morgan fingerprint density at radius 1 is 1.42 bits per heavy atom. The van der Waals surface area contributed by atoms with Crippen molar-refractivity contribution in [1.29, 1.82) is 0 Å². The molecule has 4 heteroatoms. The van der Waals surface area contributed by atoms with Crippen LogP contribution in [0.4, 0.5) is 0 Å². The molecule has 0 bridgehead atoms. The number of ketones is 2. The molecule has 26 heavy (non-hydrogen) atoms. The van der Waals surface area contributed by atoms with Crippen LogP contribution in [-0.4, -0.2) is 21.9 Å². The fourth-order valence-corrected chi connectivity index (χ4v) is 3.04. The van der Waals surface area contributed by atoms with E-state index in [9.17, 15) is 14.7 Å². The number of allylic oxidation sites excluding steroid dienone is 4. The van der Waals surface area contributed by atoms with E-state index in [1.165, 1.54) is 19.1 Å². The van der Waals surface area contributed by atoms with E-state index in [0.717, 1.165) is 16.7 Å². The van der Waals surface area contributed by atoms with Crippen LogP contribution in [0.15, 0.2) is 48.3 Å². The third kappa shape index (κ3) is 4.77. The smallest absolute Gasteiger partial charge is 0.163 e. The number of thiol groups is 1. The maximum Gasteiger partial charge on any atom is 0.163 e. The van der Waals surface area contributed by atoms with Crippen molar-refractivity contribution in [2.75, 3.05) is 0 Å². The first kappa shape index (κ1) is 19.8. The van der Waals surface area contributed by atoms with E-state index in [0.29, 0.717) is 30.4 Å². The average Bonchev–Trinajstić information content (AvgIpc) is 2.60. The highest BCUT2D eigenvalue weighted by molar-refractivity contribution is 7.81. The van der Waals surface area contributed by atoms with Gasteiger partial charge in [0.2, 0.25) is 0 Å². The van der Waals surface area contributed by atoms with E-state index in [4.69, 9.17) is 0 Å². The summed E-state index contributed by atoms with van der Waals surface area (Å²) in [5.41, 5.74) is 3.68. The van der Waals surface area contributed by atoms with Crippen LogP contribution in [0.25, 0.3) is 0 Å². The first-order valence-corrected chi connectivity index (χ1v) is 8.94. The Balaban J connectivity index is 2.23. The van der Waals surface area contributed by atoms with Crippen LogP contribution in [0.2, 0.25) is 0 Å². The quantitative estimate of drug-likeness (QED) is 0.464. The van der Waals surface area contributed by atoms with Crippen LogP contribution >= 0.6 is 12.6 Å². The second-order valence-corrected chi connectivity index (χ2v) is 6.88. The highest BCUT2D eigenvalue weighted by atomic mass is 32.1. The lowest BCUT2D eigenvalue weighted by atomic mass is 9.92. The summed E-state index contributed by atoms with van der Waals surface area (Å²) in [6.07, 6.45) is 6.14. The van der Waals surface area contributed by atoms with E-state index in [1.54, 1.807) is 6.07 Å². The maximum absolute atomic E-state index is 12.5. The number of aryl methyl sites for hydroxylation is 2. The number of benzene rings is 1. The summed E-state index contributed by atoms with van der Waals surface area (Å²) < 4.78 is 0. The average molecular weight is 366 g/mol. The molecule has 1 aliphatic carbocycles. The number of hydrogen-bond donors (Lipinski definition) is 2. The van der Waals surface area contributed by atoms with E-state index < -0.39 is 0 Å². The zero-order chi connectivity index (χ0) is 19.3. The van der Waals surface area contributed by atoms with Crippen molar-refractivity contribution in [2.24, 2.45) is 0 Å². The molecule has 0 saturated heterocycles. The Bertz CT molecular complexity index is 879. The van der Waals surface area contributed by atoms with Crippen LogP contribution in [-0.2, 0) is 11.2 Å². The van der Waals surface area contributed by atoms with E-state index in [2.05, 4.69) is 31.0 Å². The third-order valence-electron chi connectivity index (χ3n) is 4.29. The van der Waals surface area contributed by atoms with Gasteiger partial charge in [-0.05, 0) is 56.0 Å². The second kappa shape index (κ2) is 8.73. The van der Waals surface area contributed by atoms with Gasteiger partial charge >= 0.3 is 0 Å². The summed E-state index contributed by atoms with van der Waals surface area (Å²) in [7, 11) is 0. The van der Waals surface area contributed by atoms with Crippen molar-refractivity contribution >= 4 is 24.2 Å². The molecule has 0 heterocycles. The fourth-order valence-electron chi connectivity index (χ4n) is 2.86. The summed E-state index contributed by atoms with van der Waals surface area (Å²) in [6.45, 7) is 7.00. The monoisotopic (exact) mass is 366 g/mol. The van der Waals surface area contributed by atoms with Crippen LogP contribution < -0.4 is 0 Å². The van der Waals surface area contributed by atoms with Gasteiger partial charge in [-0.25, -0.2) is 0 Å². The Morgan fingerprint density at radius 3 is 2.77 bits per heavy atom. The summed E-state index contributed by atoms with van der Waals surface area (Å²) in [6, 6.07) is 3.70. The van der Waals surface area contributed by atoms with Crippen LogP contribution in [0, 0.1) is 18.8 Å². The highest BCUT2D eigenvalue weighted by Crippen LogP contribution is 2.23. The van der Waals surface area contributed by atoms with Crippen LogP contribution in [0.3, 0.4) is 0 Å². The van der Waals surface area contributed by atoms with Gasteiger partial charge in [0.1, 0.15) is 5.76 Å². The van der Waals surface area contributed by atoms with Gasteiger partial charge in [-0.1, -0.05) is 30.6 Å². The molecule has 0 amide bonds. The minimum absolute atomic E-state index is 0.0129. The molecule has 1 unspecified atom stereocenters. The maximum atomic E-state index is 12.5. The number of hydrogen-bond acceptors (Lipinski definition) is 4. The Hall–Kier alpha value is -2.51. The number of carbonyl (C=O) groups is 2. The standard InChI is InChI=1S/C22H22O3S/c1-4-5-6-16-12-19(15(3)23)14(2)11-17(16)7-9-20(24)18-8-10-22(26)21(25)13-18/h4,8,11-13,22,25-26H,1,7,9-10H2,2-3H3. The Labute approximate surface area is 159 Å². The van der Waals surface area contributed by atoms with E-state index in [1.807, 2.05) is 19.1 Å². The molecule has 3 nitrogen and oxygen atoms in total. The normalized spacial score (nSPS) is 16.0. The molecule has 0 saturated carbocycles. The van der Waals surface area contributed by atoms with Crippen molar-refractivity contribution < 1.29 is 14.7 Å². The second-order valence-electron chi connectivity index (χ2n) is 6.26. The van der Waals surface area contributed by atoms with Gasteiger partial charge in [0, 0.05) is 23.1 Å². The Kier molecular flexibility index (Phi) is 6.65. The highest BCUT2D eigenvalue weighted by Gasteiger charge is 2.18. The predicted octanol–water partition coefficient (Wildman–Crippen LogP) is 4.31. The van der Waals surface area contributed by atoms with Gasteiger partial charge in [0.25, 0.3) is 0 Å². The summed E-state index contributed by atoms with van der Waals surface area (Å²) in [4.78, 5) is 24.2. The molecule has 134 valence electrons. The third-order valence-corrected chi connectivity index (χ3v) is 4.76. The van der Waals surface area contributed by atoms with Gasteiger partial charge in [-0.15, -0.1) is 0 Å². The molecule has 0 radical (unpaired) electrons. The minimum Gasteiger partial charge on any atom is -0.511 e. The molecule has 1 aromatic carbocycles. The molecule has 1 atom stereocenters. The summed E-state index contributed by atoms with van der Waals surface area (Å²) in [5, 5.41) is 9.53. The van der Waals surface area contributed by atoms with Gasteiger partial charge in [0.15, 0.2) is 11.6 Å². The number of rotatable bonds is 5. The zero-order valence-corrected chi connectivity index (χ0v) is 15.9. The van der Waals surface area contributed by atoms with Crippen molar-refractivity contribution in [3.05, 3.63) is 70.5 Å². The topological polar surface area (TPSA) is 54.4 Å². The van der Waals surface area contributed by atoms with Crippen molar-refractivity contribution in [3.63, 3.8) is 0 Å². The number of aliphatic hydroxyl groups excluding tert-OH is 1. The van der Waals surface area contributed by atoms with Gasteiger partial charge in [0.05, 0.1) is 5.25 Å². The molecular weight excluding hydrogens is 344 g/mol. The predicted molar refractivity (Wildman–Crippen MR) is 108 cm³/mol. The minimum atomic E-state index is -0.242. The summed E-state index contributed by atoms with van der Waals surface area (Å²) in [5.74, 6) is 5.88. The fraction of sp³-hybridized carbons (Fsp3) is 0.273. The molecule has 0 spiro atoms. The molecule has 2 rings (SSSR count). The lowest BCUT2D eigenvalue weighted by Crippen LogP contribution is -2.12. The Morgan fingerprint density at radius 2 is 2.15 bits per heavy atom. The van der Waals surface area contributed by atoms with E-state index in [-0.39, 0.29) is 22.6 Å². The first-order chi connectivity index (χ1) is 12.3. The van der Waals surface area contributed by atoms with E-state index >= 15 is 0 Å². The molecule has 0 aliphatic heterocycles. The van der Waals surface area contributed by atoms with Crippen molar-refractivity contribution in [3.8, 4) is 11.8 Å². The van der Waals surface area contributed by atoms with Gasteiger partial charge in [-0.2, -0.15) is 12.6 Å².